The van der Waals surface area contributed by atoms with Gasteiger partial charge in [-0.05, 0) is 19.1 Å². The molecule has 1 unspecified atom stereocenters. The lowest BCUT2D eigenvalue weighted by Crippen LogP contribution is -2.33. The third kappa shape index (κ3) is 3.92. The van der Waals surface area contributed by atoms with Gasteiger partial charge in [0.25, 0.3) is 0 Å². The predicted octanol–water partition coefficient (Wildman–Crippen LogP) is 2.93. The number of benzene rings is 1. The summed E-state index contributed by atoms with van der Waals surface area (Å²) in [6.07, 6.45) is -0.958. The lowest BCUT2D eigenvalue weighted by atomic mass is 9.91. The minimum Gasteiger partial charge on any atom is -0.481 e. The van der Waals surface area contributed by atoms with Gasteiger partial charge in [-0.2, -0.15) is 0 Å². The van der Waals surface area contributed by atoms with Crippen LogP contribution in [0.15, 0.2) is 24.3 Å². The minimum absolute atomic E-state index is 0.0190. The van der Waals surface area contributed by atoms with E-state index in [0.29, 0.717) is 5.02 Å². The average Bonchev–Trinajstić information content (AvgIpc) is 2.37. The first-order valence-corrected chi connectivity index (χ1v) is 6.12. The smallest absolute Gasteiger partial charge is 0.348 e. The molecule has 0 radical (unpaired) electrons. The molecule has 0 aromatic heterocycles. The van der Waals surface area contributed by atoms with Gasteiger partial charge in [0.15, 0.2) is 0 Å². The van der Waals surface area contributed by atoms with Crippen LogP contribution in [0, 0.1) is 0 Å². The number of hydrogen-bond donors (Lipinski definition) is 1. The lowest BCUT2D eigenvalue weighted by molar-refractivity contribution is -0.159. The molecule has 1 aromatic rings. The molecule has 0 bridgehead atoms. The van der Waals surface area contributed by atoms with Gasteiger partial charge >= 0.3 is 11.9 Å². The maximum atomic E-state index is 14.8. The summed E-state index contributed by atoms with van der Waals surface area (Å²) in [5, 5.41) is 9.04. The Morgan fingerprint density at radius 1 is 1.37 bits per heavy atom. The highest BCUT2D eigenvalue weighted by molar-refractivity contribution is 6.30. The van der Waals surface area contributed by atoms with E-state index >= 15 is 0 Å². The Morgan fingerprint density at radius 3 is 2.42 bits per heavy atom. The maximum absolute atomic E-state index is 14.8. The third-order valence-corrected chi connectivity index (χ3v) is 2.84. The number of aliphatic carboxylic acids is 1. The molecule has 0 spiro atoms. The Morgan fingerprint density at radius 2 is 1.95 bits per heavy atom. The zero-order valence-electron chi connectivity index (χ0n) is 10.4. The molecule has 0 saturated carbocycles. The van der Waals surface area contributed by atoms with Crippen LogP contribution in [0.4, 0.5) is 4.39 Å². The number of alkyl halides is 1. The van der Waals surface area contributed by atoms with Gasteiger partial charge in [-0.3, -0.25) is 4.79 Å². The summed E-state index contributed by atoms with van der Waals surface area (Å²) in [6, 6.07) is 5.57. The highest BCUT2D eigenvalue weighted by Gasteiger charge is 2.42. The van der Waals surface area contributed by atoms with Crippen LogP contribution in [-0.2, 0) is 20.0 Å². The van der Waals surface area contributed by atoms with E-state index in [1.807, 2.05) is 0 Å². The Kier molecular flexibility index (Phi) is 5.30. The van der Waals surface area contributed by atoms with Crippen molar-refractivity contribution in [3.63, 3.8) is 0 Å². The van der Waals surface area contributed by atoms with Gasteiger partial charge in [0.05, 0.1) is 6.61 Å². The van der Waals surface area contributed by atoms with Crippen molar-refractivity contribution in [2.24, 2.45) is 0 Å². The van der Waals surface area contributed by atoms with Crippen molar-refractivity contribution in [3.8, 4) is 0 Å². The van der Waals surface area contributed by atoms with Crippen molar-refractivity contribution in [1.29, 1.82) is 0 Å². The summed E-state index contributed by atoms with van der Waals surface area (Å²) in [6.45, 7) is 1.57. The lowest BCUT2D eigenvalue weighted by Gasteiger charge is -2.23. The average molecular weight is 289 g/mol. The molecular formula is C13H14ClFO4. The third-order valence-electron chi connectivity index (χ3n) is 2.58. The molecule has 104 valence electrons. The van der Waals surface area contributed by atoms with E-state index in [9.17, 15) is 14.0 Å². The molecule has 0 aliphatic carbocycles. The van der Waals surface area contributed by atoms with Gasteiger partial charge in [0.1, 0.15) is 0 Å². The fourth-order valence-corrected chi connectivity index (χ4v) is 1.73. The predicted molar refractivity (Wildman–Crippen MR) is 67.7 cm³/mol. The topological polar surface area (TPSA) is 63.6 Å². The van der Waals surface area contributed by atoms with Crippen molar-refractivity contribution < 1.29 is 23.8 Å². The fraction of sp³-hybridized carbons (Fsp3) is 0.385. The largest absolute Gasteiger partial charge is 0.481 e. The number of carboxylic acids is 1. The Labute approximate surface area is 115 Å². The molecule has 0 heterocycles. The van der Waals surface area contributed by atoms with Crippen LogP contribution in [0.1, 0.15) is 25.3 Å². The van der Waals surface area contributed by atoms with Crippen LogP contribution in [-0.4, -0.2) is 23.7 Å². The Bertz CT molecular complexity index is 460. The van der Waals surface area contributed by atoms with E-state index in [2.05, 4.69) is 4.74 Å². The van der Waals surface area contributed by atoms with E-state index in [1.165, 1.54) is 24.3 Å². The Balaban J connectivity index is 3.06. The number of rotatable bonds is 6. The fourth-order valence-electron chi connectivity index (χ4n) is 1.60. The molecule has 0 saturated heterocycles. The molecule has 0 aliphatic heterocycles. The Hall–Kier alpha value is -1.62. The highest BCUT2D eigenvalue weighted by atomic mass is 35.5. The van der Waals surface area contributed by atoms with Crippen LogP contribution >= 0.6 is 11.6 Å². The summed E-state index contributed by atoms with van der Waals surface area (Å²) in [4.78, 5) is 22.3. The molecule has 0 amide bonds. The second kappa shape index (κ2) is 6.52. The molecule has 4 nitrogen and oxygen atoms in total. The molecule has 1 aromatic carbocycles. The van der Waals surface area contributed by atoms with Crippen molar-refractivity contribution in [1.82, 2.24) is 0 Å². The zero-order valence-corrected chi connectivity index (χ0v) is 11.1. The summed E-state index contributed by atoms with van der Waals surface area (Å²) in [7, 11) is 0. The number of ether oxygens (including phenoxy) is 1. The first-order valence-electron chi connectivity index (χ1n) is 5.74. The molecule has 0 aliphatic rings. The molecule has 1 atom stereocenters. The van der Waals surface area contributed by atoms with Crippen LogP contribution < -0.4 is 0 Å². The van der Waals surface area contributed by atoms with Gasteiger partial charge in [-0.1, -0.05) is 23.7 Å². The number of hydrogen-bond acceptors (Lipinski definition) is 3. The van der Waals surface area contributed by atoms with E-state index in [0.717, 1.165) is 0 Å². The second-order valence-electron chi connectivity index (χ2n) is 3.92. The number of carboxylic acid groups (broad SMARTS) is 1. The van der Waals surface area contributed by atoms with Crippen LogP contribution in [0.3, 0.4) is 0 Å². The zero-order chi connectivity index (χ0) is 14.5. The summed E-state index contributed by atoms with van der Waals surface area (Å²) in [5.74, 6) is -2.26. The SMILES string of the molecule is CCOC(=O)C(F)(CCC(=O)O)c1ccc(Cl)cc1. The number of esters is 1. The summed E-state index contributed by atoms with van der Waals surface area (Å²) >= 11 is 5.70. The van der Waals surface area contributed by atoms with Crippen molar-refractivity contribution in [2.75, 3.05) is 6.61 Å². The van der Waals surface area contributed by atoms with E-state index in [4.69, 9.17) is 16.7 Å². The standard InChI is InChI=1S/C13H14ClFO4/c1-2-19-12(18)13(15,8-7-11(16)17)9-3-5-10(14)6-4-9/h3-6H,2,7-8H2,1H3,(H,16,17). The van der Waals surface area contributed by atoms with Crippen molar-refractivity contribution in [3.05, 3.63) is 34.9 Å². The van der Waals surface area contributed by atoms with E-state index < -0.39 is 30.4 Å². The quantitative estimate of drug-likeness (QED) is 0.818. The van der Waals surface area contributed by atoms with Crippen LogP contribution in [0.5, 0.6) is 0 Å². The molecule has 1 N–H and O–H groups in total. The van der Waals surface area contributed by atoms with Gasteiger partial charge < -0.3 is 9.84 Å². The van der Waals surface area contributed by atoms with E-state index in [1.54, 1.807) is 6.92 Å². The molecular weight excluding hydrogens is 275 g/mol. The van der Waals surface area contributed by atoms with Crippen molar-refractivity contribution in [2.45, 2.75) is 25.4 Å². The normalized spacial score (nSPS) is 13.6. The number of halogens is 2. The minimum atomic E-state index is -2.47. The molecule has 19 heavy (non-hydrogen) atoms. The molecule has 1 rings (SSSR count). The van der Waals surface area contributed by atoms with Crippen LogP contribution in [0.2, 0.25) is 5.02 Å². The molecule has 6 heteroatoms. The van der Waals surface area contributed by atoms with Crippen molar-refractivity contribution >= 4 is 23.5 Å². The van der Waals surface area contributed by atoms with Crippen LogP contribution in [0.25, 0.3) is 0 Å². The number of carbonyl (C=O) groups excluding carboxylic acids is 1. The first kappa shape index (κ1) is 15.4. The highest BCUT2D eigenvalue weighted by Crippen LogP contribution is 2.33. The summed E-state index contributed by atoms with van der Waals surface area (Å²) in [5.41, 5.74) is -2.43. The van der Waals surface area contributed by atoms with Gasteiger partial charge in [-0.15, -0.1) is 0 Å². The van der Waals surface area contributed by atoms with Gasteiger partial charge in [0.2, 0.25) is 5.67 Å². The summed E-state index contributed by atoms with van der Waals surface area (Å²) < 4.78 is 19.5. The molecule has 0 fully saturated rings. The van der Waals surface area contributed by atoms with Gasteiger partial charge in [-0.25, -0.2) is 9.18 Å². The maximum Gasteiger partial charge on any atom is 0.348 e. The van der Waals surface area contributed by atoms with E-state index in [-0.39, 0.29) is 12.2 Å². The first-order chi connectivity index (χ1) is 8.90. The number of carbonyl (C=O) groups is 2. The monoisotopic (exact) mass is 288 g/mol. The van der Waals surface area contributed by atoms with Gasteiger partial charge in [0, 0.05) is 23.4 Å². The second-order valence-corrected chi connectivity index (χ2v) is 4.36.